The number of imidazole rings is 1. The minimum Gasteiger partial charge on any atom is -0.357 e. The van der Waals surface area contributed by atoms with Crippen LogP contribution in [0.4, 0.5) is 0 Å². The van der Waals surface area contributed by atoms with Gasteiger partial charge in [0.25, 0.3) is 0 Å². The van der Waals surface area contributed by atoms with Crippen molar-refractivity contribution in [2.75, 3.05) is 39.8 Å². The van der Waals surface area contributed by atoms with Crippen molar-refractivity contribution < 1.29 is 4.79 Å². The third-order valence-corrected chi connectivity index (χ3v) is 4.78. The highest BCUT2D eigenvalue weighted by molar-refractivity contribution is 14.0. The molecule has 0 aliphatic heterocycles. The maximum Gasteiger partial charge on any atom is 0.242 e. The van der Waals surface area contributed by atoms with Gasteiger partial charge >= 0.3 is 0 Å². The third-order valence-electron chi connectivity index (χ3n) is 4.78. The van der Waals surface area contributed by atoms with Gasteiger partial charge in [0.1, 0.15) is 5.82 Å². The van der Waals surface area contributed by atoms with Crippen LogP contribution in [0.3, 0.4) is 0 Å². The fourth-order valence-corrected chi connectivity index (χ4v) is 3.18. The molecule has 2 aromatic rings. The number of aromatic nitrogens is 2. The summed E-state index contributed by atoms with van der Waals surface area (Å²) in [5.41, 5.74) is 1.25. The Balaban J connectivity index is 0.00000450. The molecule has 0 unspecified atom stereocenters. The monoisotopic (exact) mass is 526 g/mol. The fourth-order valence-electron chi connectivity index (χ4n) is 3.18. The Morgan fingerprint density at radius 1 is 1.17 bits per heavy atom. The van der Waals surface area contributed by atoms with Crippen LogP contribution in [-0.2, 0) is 17.8 Å². The number of carbonyl (C=O) groups is 1. The summed E-state index contributed by atoms with van der Waals surface area (Å²) in [5, 5.41) is 3.28. The first-order chi connectivity index (χ1) is 14.1. The van der Waals surface area contributed by atoms with E-state index in [1.54, 1.807) is 0 Å². The summed E-state index contributed by atoms with van der Waals surface area (Å²) >= 11 is 0. The predicted molar refractivity (Wildman–Crippen MR) is 133 cm³/mol. The van der Waals surface area contributed by atoms with Crippen LogP contribution in [0.1, 0.15) is 32.2 Å². The topological polar surface area (TPSA) is 65.8 Å². The molecule has 0 spiro atoms. The Hall–Kier alpha value is -2.10. The minimum atomic E-state index is 0. The summed E-state index contributed by atoms with van der Waals surface area (Å²) in [6.45, 7) is 9.96. The van der Waals surface area contributed by atoms with Crippen molar-refractivity contribution in [3.05, 3.63) is 54.1 Å². The number of rotatable bonds is 10. The zero-order valence-corrected chi connectivity index (χ0v) is 20.9. The molecule has 166 valence electrons. The number of halogens is 1. The van der Waals surface area contributed by atoms with E-state index in [2.05, 4.69) is 27.0 Å². The molecule has 1 amide bonds. The highest BCUT2D eigenvalue weighted by atomic mass is 127. The Bertz CT molecular complexity index is 773. The van der Waals surface area contributed by atoms with Gasteiger partial charge in [-0.25, -0.2) is 4.98 Å². The number of likely N-dealkylation sites (N-methyl/N-ethyl adjacent to an activating group) is 2. The van der Waals surface area contributed by atoms with E-state index < -0.39 is 0 Å². The number of benzene rings is 1. The van der Waals surface area contributed by atoms with Crippen LogP contribution in [0.2, 0.25) is 0 Å². The molecule has 0 bridgehead atoms. The molecule has 0 saturated carbocycles. The van der Waals surface area contributed by atoms with Crippen LogP contribution in [-0.4, -0.2) is 71.0 Å². The maximum atomic E-state index is 12.4. The second kappa shape index (κ2) is 14.0. The number of carbonyl (C=O) groups excluding carboxylic acids is 1. The SMILES string of the molecule is CCNC(=NCCc1nccn1Cc1ccccc1)N(C)CC(=O)N(CC)CC.I. The lowest BCUT2D eigenvalue weighted by molar-refractivity contribution is -0.131. The summed E-state index contributed by atoms with van der Waals surface area (Å²) in [7, 11) is 1.90. The van der Waals surface area contributed by atoms with Crippen molar-refractivity contribution in [3.63, 3.8) is 0 Å². The third kappa shape index (κ3) is 7.97. The predicted octanol–water partition coefficient (Wildman–Crippen LogP) is 2.86. The lowest BCUT2D eigenvalue weighted by Gasteiger charge is -2.25. The molecule has 0 fully saturated rings. The number of nitrogens with one attached hydrogen (secondary N) is 1. The highest BCUT2D eigenvalue weighted by Gasteiger charge is 2.15. The Morgan fingerprint density at radius 3 is 2.50 bits per heavy atom. The molecule has 0 atom stereocenters. The van der Waals surface area contributed by atoms with Gasteiger partial charge in [0.2, 0.25) is 5.91 Å². The number of hydrogen-bond acceptors (Lipinski definition) is 3. The second-order valence-corrected chi connectivity index (χ2v) is 6.86. The van der Waals surface area contributed by atoms with Crippen LogP contribution >= 0.6 is 24.0 Å². The molecule has 1 N–H and O–H groups in total. The van der Waals surface area contributed by atoms with Crippen molar-refractivity contribution in [3.8, 4) is 0 Å². The fraction of sp³-hybridized carbons (Fsp3) is 0.500. The van der Waals surface area contributed by atoms with E-state index in [0.29, 0.717) is 13.1 Å². The maximum absolute atomic E-state index is 12.4. The van der Waals surface area contributed by atoms with Crippen molar-refractivity contribution in [2.45, 2.75) is 33.7 Å². The smallest absolute Gasteiger partial charge is 0.242 e. The van der Waals surface area contributed by atoms with Crippen LogP contribution in [0.25, 0.3) is 0 Å². The van der Waals surface area contributed by atoms with Crippen molar-refractivity contribution in [1.82, 2.24) is 24.7 Å². The van der Waals surface area contributed by atoms with Crippen molar-refractivity contribution in [2.24, 2.45) is 4.99 Å². The van der Waals surface area contributed by atoms with E-state index in [1.807, 2.05) is 68.2 Å². The number of hydrogen-bond donors (Lipinski definition) is 1. The first-order valence-electron chi connectivity index (χ1n) is 10.4. The average Bonchev–Trinajstić information content (AvgIpc) is 3.15. The average molecular weight is 526 g/mol. The van der Waals surface area contributed by atoms with E-state index in [9.17, 15) is 4.79 Å². The molecule has 1 aromatic carbocycles. The molecular weight excluding hydrogens is 491 g/mol. The van der Waals surface area contributed by atoms with Gasteiger partial charge in [-0.05, 0) is 26.3 Å². The largest absolute Gasteiger partial charge is 0.357 e. The lowest BCUT2D eigenvalue weighted by atomic mass is 10.2. The number of nitrogens with zero attached hydrogens (tertiary/aromatic N) is 5. The molecule has 2 rings (SSSR count). The number of guanidine groups is 1. The van der Waals surface area contributed by atoms with Gasteiger partial charge < -0.3 is 19.7 Å². The quantitative estimate of drug-likeness (QED) is 0.294. The van der Waals surface area contributed by atoms with E-state index in [1.165, 1.54) is 5.56 Å². The summed E-state index contributed by atoms with van der Waals surface area (Å²) in [6.07, 6.45) is 4.58. The molecule has 0 aliphatic carbocycles. The van der Waals surface area contributed by atoms with Crippen LogP contribution in [0.15, 0.2) is 47.7 Å². The summed E-state index contributed by atoms with van der Waals surface area (Å²) in [5.74, 6) is 1.87. The molecule has 0 saturated heterocycles. The van der Waals surface area contributed by atoms with Gasteiger partial charge in [0, 0.05) is 58.6 Å². The van der Waals surface area contributed by atoms with E-state index in [0.717, 1.165) is 44.4 Å². The molecule has 8 heteroatoms. The van der Waals surface area contributed by atoms with E-state index >= 15 is 0 Å². The normalized spacial score (nSPS) is 11.0. The first-order valence-corrected chi connectivity index (χ1v) is 10.4. The summed E-state index contributed by atoms with van der Waals surface area (Å²) in [6, 6.07) is 10.4. The Kier molecular flexibility index (Phi) is 12.1. The van der Waals surface area contributed by atoms with Crippen molar-refractivity contribution >= 4 is 35.8 Å². The standard InChI is InChI=1S/C22H34N6O.HI/c1-5-23-22(26(4)18-21(29)27(6-2)7-3)25-14-13-20-24-15-16-28(20)17-19-11-9-8-10-12-19;/h8-12,15-16H,5-7,13-14,17-18H2,1-4H3,(H,23,25);1H. The van der Waals surface area contributed by atoms with Gasteiger partial charge in [-0.3, -0.25) is 9.79 Å². The molecule has 0 radical (unpaired) electrons. The second-order valence-electron chi connectivity index (χ2n) is 6.86. The molecule has 7 nitrogen and oxygen atoms in total. The summed E-state index contributed by atoms with van der Waals surface area (Å²) < 4.78 is 2.16. The molecular formula is C22H35IN6O. The highest BCUT2D eigenvalue weighted by Crippen LogP contribution is 2.06. The van der Waals surface area contributed by atoms with Gasteiger partial charge in [-0.2, -0.15) is 0 Å². The van der Waals surface area contributed by atoms with E-state index in [-0.39, 0.29) is 29.9 Å². The Labute approximate surface area is 197 Å². The van der Waals surface area contributed by atoms with Gasteiger partial charge in [-0.15, -0.1) is 24.0 Å². The van der Waals surface area contributed by atoms with Gasteiger partial charge in [0.05, 0.1) is 6.54 Å². The van der Waals surface area contributed by atoms with E-state index in [4.69, 9.17) is 4.99 Å². The van der Waals surface area contributed by atoms with Gasteiger partial charge in [0.15, 0.2) is 5.96 Å². The summed E-state index contributed by atoms with van der Waals surface area (Å²) in [4.78, 5) is 25.3. The lowest BCUT2D eigenvalue weighted by Crippen LogP contribution is -2.45. The minimum absolute atomic E-state index is 0. The van der Waals surface area contributed by atoms with Crippen LogP contribution < -0.4 is 5.32 Å². The molecule has 1 heterocycles. The molecule has 1 aromatic heterocycles. The van der Waals surface area contributed by atoms with Crippen LogP contribution in [0.5, 0.6) is 0 Å². The van der Waals surface area contributed by atoms with Crippen molar-refractivity contribution in [1.29, 1.82) is 0 Å². The zero-order valence-electron chi connectivity index (χ0n) is 18.5. The zero-order chi connectivity index (χ0) is 21.1. The molecule has 30 heavy (non-hydrogen) atoms. The number of amides is 1. The Morgan fingerprint density at radius 2 is 1.87 bits per heavy atom. The number of aliphatic imine (C=N–C) groups is 1. The molecule has 0 aliphatic rings. The first kappa shape index (κ1) is 25.9. The van der Waals surface area contributed by atoms with Crippen LogP contribution in [0, 0.1) is 0 Å². The van der Waals surface area contributed by atoms with Gasteiger partial charge in [-0.1, -0.05) is 30.3 Å².